The van der Waals surface area contributed by atoms with E-state index in [4.69, 9.17) is 5.26 Å². The molecule has 106 valence electrons. The van der Waals surface area contributed by atoms with Crippen molar-refractivity contribution in [2.45, 2.75) is 26.3 Å². The smallest absolute Gasteiger partial charge is 0.294 e. The molecule has 0 saturated carbocycles. The van der Waals surface area contributed by atoms with E-state index in [1.807, 2.05) is 13.0 Å². The van der Waals surface area contributed by atoms with Crippen LogP contribution in [0.5, 0.6) is 0 Å². The van der Waals surface area contributed by atoms with Crippen LogP contribution in [0.15, 0.2) is 18.2 Å². The van der Waals surface area contributed by atoms with Crippen LogP contribution in [0.4, 0.5) is 11.4 Å². The molecule has 0 radical (unpaired) electrons. The fraction of sp³-hybridized carbons (Fsp3) is 0.385. The normalized spacial score (nSPS) is 10.7. The van der Waals surface area contributed by atoms with Gasteiger partial charge in [0, 0.05) is 6.07 Å². The molecule has 7 heteroatoms. The third-order valence-corrected chi connectivity index (χ3v) is 2.76. The van der Waals surface area contributed by atoms with Crippen molar-refractivity contribution in [3.05, 3.63) is 33.9 Å². The highest BCUT2D eigenvalue weighted by Crippen LogP contribution is 2.26. The van der Waals surface area contributed by atoms with Gasteiger partial charge in [-0.1, -0.05) is 6.92 Å². The monoisotopic (exact) mass is 276 g/mol. The maximum Gasteiger partial charge on any atom is 0.294 e. The number of likely N-dealkylation sites (N-methyl/N-ethyl adjacent to an activating group) is 1. The van der Waals surface area contributed by atoms with E-state index in [-0.39, 0.29) is 22.8 Å². The summed E-state index contributed by atoms with van der Waals surface area (Å²) in [7, 11) is 0. The molecule has 1 aromatic carbocycles. The van der Waals surface area contributed by atoms with Crippen LogP contribution in [0.1, 0.15) is 26.3 Å². The summed E-state index contributed by atoms with van der Waals surface area (Å²) in [5, 5.41) is 25.2. The molecule has 7 nitrogen and oxygen atoms in total. The lowest BCUT2D eigenvalue weighted by Crippen LogP contribution is -2.49. The molecule has 0 aliphatic rings. The summed E-state index contributed by atoms with van der Waals surface area (Å²) >= 11 is 0. The third kappa shape index (κ3) is 3.52. The van der Waals surface area contributed by atoms with E-state index in [1.54, 1.807) is 13.8 Å². The third-order valence-electron chi connectivity index (χ3n) is 2.76. The van der Waals surface area contributed by atoms with Crippen molar-refractivity contribution in [1.29, 1.82) is 5.26 Å². The first-order valence-corrected chi connectivity index (χ1v) is 6.07. The van der Waals surface area contributed by atoms with Crippen LogP contribution in [0.2, 0.25) is 0 Å². The topological polar surface area (TPSA) is 108 Å². The standard InChI is InChI=1S/C13H16N4O3/c1-4-15-13(2,3)12(18)16-10-6-5-9(8-14)7-11(10)17(19)20/h5-7,15H,4H2,1-3H3,(H,16,18). The molecule has 1 rings (SSSR count). The summed E-state index contributed by atoms with van der Waals surface area (Å²) in [6, 6.07) is 5.74. The number of rotatable bonds is 5. The molecule has 0 saturated heterocycles. The van der Waals surface area contributed by atoms with E-state index < -0.39 is 10.5 Å². The van der Waals surface area contributed by atoms with Gasteiger partial charge in [-0.2, -0.15) is 5.26 Å². The Labute approximate surface area is 116 Å². The number of benzene rings is 1. The number of nitro groups is 1. The predicted octanol–water partition coefficient (Wildman–Crippen LogP) is 1.79. The van der Waals surface area contributed by atoms with Gasteiger partial charge in [-0.25, -0.2) is 0 Å². The molecular weight excluding hydrogens is 260 g/mol. The number of nitrogens with one attached hydrogen (secondary N) is 2. The number of anilines is 1. The van der Waals surface area contributed by atoms with Gasteiger partial charge < -0.3 is 10.6 Å². The predicted molar refractivity (Wildman–Crippen MR) is 74.2 cm³/mol. The number of amides is 1. The lowest BCUT2D eigenvalue weighted by Gasteiger charge is -2.24. The zero-order valence-corrected chi connectivity index (χ0v) is 11.6. The molecule has 0 bridgehead atoms. The largest absolute Gasteiger partial charge is 0.319 e. The molecule has 0 fully saturated rings. The second-order valence-corrected chi connectivity index (χ2v) is 4.71. The molecule has 0 atom stereocenters. The minimum atomic E-state index is -0.851. The van der Waals surface area contributed by atoms with Crippen LogP contribution in [-0.4, -0.2) is 22.9 Å². The lowest BCUT2D eigenvalue weighted by molar-refractivity contribution is -0.384. The fourth-order valence-electron chi connectivity index (χ4n) is 1.66. The number of nitro benzene ring substituents is 1. The van der Waals surface area contributed by atoms with E-state index in [1.165, 1.54) is 12.1 Å². The first-order chi connectivity index (χ1) is 9.31. The summed E-state index contributed by atoms with van der Waals surface area (Å²) in [5.74, 6) is -0.382. The van der Waals surface area contributed by atoms with Gasteiger partial charge in [0.25, 0.3) is 5.69 Å². The van der Waals surface area contributed by atoms with Crippen LogP contribution in [0.3, 0.4) is 0 Å². The molecule has 0 aromatic heterocycles. The Kier molecular flexibility index (Phi) is 4.78. The van der Waals surface area contributed by atoms with Crippen molar-refractivity contribution < 1.29 is 9.72 Å². The Morgan fingerprint density at radius 1 is 1.50 bits per heavy atom. The Bertz CT molecular complexity index is 575. The van der Waals surface area contributed by atoms with Gasteiger partial charge in [-0.15, -0.1) is 0 Å². The molecule has 0 heterocycles. The average molecular weight is 276 g/mol. The minimum absolute atomic E-state index is 0.0741. The molecule has 2 N–H and O–H groups in total. The zero-order valence-electron chi connectivity index (χ0n) is 11.6. The maximum absolute atomic E-state index is 12.1. The van der Waals surface area contributed by atoms with E-state index >= 15 is 0 Å². The van der Waals surface area contributed by atoms with E-state index in [9.17, 15) is 14.9 Å². The summed E-state index contributed by atoms with van der Waals surface area (Å²) in [6.45, 7) is 5.82. The lowest BCUT2D eigenvalue weighted by atomic mass is 10.0. The zero-order chi connectivity index (χ0) is 15.3. The highest BCUT2D eigenvalue weighted by atomic mass is 16.6. The quantitative estimate of drug-likeness (QED) is 0.629. The van der Waals surface area contributed by atoms with Crippen molar-refractivity contribution in [1.82, 2.24) is 5.32 Å². The second-order valence-electron chi connectivity index (χ2n) is 4.71. The van der Waals surface area contributed by atoms with Gasteiger partial charge in [-0.05, 0) is 32.5 Å². The molecular formula is C13H16N4O3. The highest BCUT2D eigenvalue weighted by Gasteiger charge is 2.28. The Morgan fingerprint density at radius 2 is 2.15 bits per heavy atom. The van der Waals surface area contributed by atoms with Crippen LogP contribution in [0, 0.1) is 21.4 Å². The van der Waals surface area contributed by atoms with Crippen molar-refractivity contribution in [2.24, 2.45) is 0 Å². The molecule has 20 heavy (non-hydrogen) atoms. The van der Waals surface area contributed by atoms with Crippen molar-refractivity contribution in [3.63, 3.8) is 0 Å². The van der Waals surface area contributed by atoms with Crippen molar-refractivity contribution in [2.75, 3.05) is 11.9 Å². The molecule has 1 aromatic rings. The maximum atomic E-state index is 12.1. The second kappa shape index (κ2) is 6.12. The summed E-state index contributed by atoms with van der Waals surface area (Å²) in [6.07, 6.45) is 0. The van der Waals surface area contributed by atoms with Crippen LogP contribution < -0.4 is 10.6 Å². The number of hydrogen-bond acceptors (Lipinski definition) is 5. The fourth-order valence-corrected chi connectivity index (χ4v) is 1.66. The van der Waals surface area contributed by atoms with Crippen LogP contribution in [0.25, 0.3) is 0 Å². The van der Waals surface area contributed by atoms with Crippen molar-refractivity contribution >= 4 is 17.3 Å². The van der Waals surface area contributed by atoms with E-state index in [0.717, 1.165) is 6.07 Å². The Hall–Kier alpha value is -2.46. The van der Waals surface area contributed by atoms with Crippen LogP contribution in [-0.2, 0) is 4.79 Å². The number of carbonyl (C=O) groups excluding carboxylic acids is 1. The van der Waals surface area contributed by atoms with Gasteiger partial charge in [-0.3, -0.25) is 14.9 Å². The number of carbonyl (C=O) groups is 1. The van der Waals surface area contributed by atoms with Crippen LogP contribution >= 0.6 is 0 Å². The van der Waals surface area contributed by atoms with E-state index in [0.29, 0.717) is 6.54 Å². The summed E-state index contributed by atoms with van der Waals surface area (Å²) < 4.78 is 0. The first kappa shape index (κ1) is 15.6. The van der Waals surface area contributed by atoms with Crippen molar-refractivity contribution in [3.8, 4) is 6.07 Å². The summed E-state index contributed by atoms with van der Waals surface area (Å²) in [5.41, 5.74) is -0.911. The molecule has 1 amide bonds. The molecule has 0 unspecified atom stereocenters. The Balaban J connectivity index is 3.07. The average Bonchev–Trinajstić information content (AvgIpc) is 2.38. The molecule has 0 spiro atoms. The molecule has 0 aliphatic carbocycles. The Morgan fingerprint density at radius 3 is 2.65 bits per heavy atom. The first-order valence-electron chi connectivity index (χ1n) is 6.07. The summed E-state index contributed by atoms with van der Waals surface area (Å²) in [4.78, 5) is 22.4. The van der Waals surface area contributed by atoms with Gasteiger partial charge in [0.1, 0.15) is 5.69 Å². The number of nitriles is 1. The van der Waals surface area contributed by atoms with Gasteiger partial charge in [0.05, 0.1) is 22.1 Å². The SMILES string of the molecule is CCNC(C)(C)C(=O)Nc1ccc(C#N)cc1[N+](=O)[O-]. The number of nitrogens with zero attached hydrogens (tertiary/aromatic N) is 2. The van der Waals surface area contributed by atoms with Gasteiger partial charge in [0.2, 0.25) is 5.91 Å². The van der Waals surface area contributed by atoms with Gasteiger partial charge in [0.15, 0.2) is 0 Å². The highest BCUT2D eigenvalue weighted by molar-refractivity contribution is 5.99. The molecule has 0 aliphatic heterocycles. The van der Waals surface area contributed by atoms with Gasteiger partial charge >= 0.3 is 0 Å². The number of hydrogen-bond donors (Lipinski definition) is 2. The minimum Gasteiger partial charge on any atom is -0.319 e. The van der Waals surface area contributed by atoms with E-state index in [2.05, 4.69) is 10.6 Å².